The molecule has 0 unspecified atom stereocenters. The van der Waals surface area contributed by atoms with E-state index in [2.05, 4.69) is 6.07 Å². The lowest BCUT2D eigenvalue weighted by Crippen LogP contribution is -1.86. The standard InChI is InChI=1S/C14H12N2/c1-10-8-12(2-3-13(10)9-15)11-4-6-14(16)7-5-11/h2-8H,16H2,1H3. The molecular formula is C14H12N2. The fourth-order valence-electron chi connectivity index (χ4n) is 1.64. The van der Waals surface area contributed by atoms with Gasteiger partial charge in [0.05, 0.1) is 11.6 Å². The van der Waals surface area contributed by atoms with Gasteiger partial charge in [-0.15, -0.1) is 0 Å². The van der Waals surface area contributed by atoms with E-state index >= 15 is 0 Å². The molecule has 0 aliphatic carbocycles. The van der Waals surface area contributed by atoms with Crippen molar-refractivity contribution in [3.8, 4) is 17.2 Å². The second kappa shape index (κ2) is 4.08. The first-order chi connectivity index (χ1) is 7.70. The number of aryl methyl sites for hydroxylation is 1. The van der Waals surface area contributed by atoms with Crippen LogP contribution in [0.3, 0.4) is 0 Å². The maximum atomic E-state index is 8.85. The quantitative estimate of drug-likeness (QED) is 0.732. The van der Waals surface area contributed by atoms with E-state index in [1.54, 1.807) is 0 Å². The third-order valence-corrected chi connectivity index (χ3v) is 2.59. The summed E-state index contributed by atoms with van der Waals surface area (Å²) in [4.78, 5) is 0. The Hall–Kier alpha value is -2.27. The van der Waals surface area contributed by atoms with Gasteiger partial charge in [0.2, 0.25) is 0 Å². The van der Waals surface area contributed by atoms with E-state index in [0.717, 1.165) is 27.9 Å². The van der Waals surface area contributed by atoms with Crippen molar-refractivity contribution < 1.29 is 0 Å². The molecule has 0 amide bonds. The fraction of sp³-hybridized carbons (Fsp3) is 0.0714. The van der Waals surface area contributed by atoms with Crippen molar-refractivity contribution in [3.05, 3.63) is 53.6 Å². The summed E-state index contributed by atoms with van der Waals surface area (Å²) in [5, 5.41) is 8.85. The molecule has 2 rings (SSSR count). The van der Waals surface area contributed by atoms with Gasteiger partial charge in [0.15, 0.2) is 0 Å². The minimum absolute atomic E-state index is 0.721. The Balaban J connectivity index is 2.46. The Morgan fingerprint density at radius 1 is 1.00 bits per heavy atom. The zero-order chi connectivity index (χ0) is 11.5. The third-order valence-electron chi connectivity index (χ3n) is 2.59. The van der Waals surface area contributed by atoms with Crippen molar-refractivity contribution in [2.45, 2.75) is 6.92 Å². The number of nitriles is 1. The van der Waals surface area contributed by atoms with Crippen LogP contribution in [0, 0.1) is 18.3 Å². The van der Waals surface area contributed by atoms with Crippen LogP contribution in [0.2, 0.25) is 0 Å². The van der Waals surface area contributed by atoms with Crippen LogP contribution >= 0.6 is 0 Å². The van der Waals surface area contributed by atoms with Crippen molar-refractivity contribution in [2.24, 2.45) is 0 Å². The predicted molar refractivity (Wildman–Crippen MR) is 65.7 cm³/mol. The van der Waals surface area contributed by atoms with Crippen molar-refractivity contribution in [1.82, 2.24) is 0 Å². The van der Waals surface area contributed by atoms with E-state index in [0.29, 0.717) is 0 Å². The van der Waals surface area contributed by atoms with Crippen LogP contribution in [0.25, 0.3) is 11.1 Å². The molecule has 0 saturated heterocycles. The summed E-state index contributed by atoms with van der Waals surface area (Å²) in [6.45, 7) is 1.94. The zero-order valence-electron chi connectivity index (χ0n) is 9.07. The van der Waals surface area contributed by atoms with Gasteiger partial charge >= 0.3 is 0 Å². The Kier molecular flexibility index (Phi) is 2.61. The Morgan fingerprint density at radius 2 is 1.62 bits per heavy atom. The molecule has 0 fully saturated rings. The van der Waals surface area contributed by atoms with E-state index in [1.165, 1.54) is 0 Å². The van der Waals surface area contributed by atoms with Crippen LogP contribution in [0.4, 0.5) is 5.69 Å². The summed E-state index contributed by atoms with van der Waals surface area (Å²) >= 11 is 0. The zero-order valence-corrected chi connectivity index (χ0v) is 9.07. The van der Waals surface area contributed by atoms with E-state index in [4.69, 9.17) is 11.0 Å². The van der Waals surface area contributed by atoms with Crippen molar-refractivity contribution in [2.75, 3.05) is 5.73 Å². The molecule has 2 nitrogen and oxygen atoms in total. The van der Waals surface area contributed by atoms with Gasteiger partial charge in [-0.25, -0.2) is 0 Å². The van der Waals surface area contributed by atoms with Crippen LogP contribution in [-0.4, -0.2) is 0 Å². The molecule has 0 spiro atoms. The number of anilines is 1. The summed E-state index contributed by atoms with van der Waals surface area (Å²) in [6.07, 6.45) is 0. The number of nitrogen functional groups attached to an aromatic ring is 1. The molecule has 0 heterocycles. The van der Waals surface area contributed by atoms with Crippen LogP contribution in [-0.2, 0) is 0 Å². The maximum Gasteiger partial charge on any atom is 0.0994 e. The highest BCUT2D eigenvalue weighted by Gasteiger charge is 2.01. The van der Waals surface area contributed by atoms with E-state index in [9.17, 15) is 0 Å². The summed E-state index contributed by atoms with van der Waals surface area (Å²) in [7, 11) is 0. The van der Waals surface area contributed by atoms with E-state index in [-0.39, 0.29) is 0 Å². The number of nitrogens with two attached hydrogens (primary N) is 1. The maximum absolute atomic E-state index is 8.85. The average molecular weight is 208 g/mol. The molecular weight excluding hydrogens is 196 g/mol. The van der Waals surface area contributed by atoms with Crippen LogP contribution < -0.4 is 5.73 Å². The van der Waals surface area contributed by atoms with Gasteiger partial charge in [-0.3, -0.25) is 0 Å². The second-order valence-corrected chi connectivity index (χ2v) is 3.76. The number of benzene rings is 2. The SMILES string of the molecule is Cc1cc(-c2ccc(N)cc2)ccc1C#N. The predicted octanol–water partition coefficient (Wildman–Crippen LogP) is 3.12. The molecule has 0 bridgehead atoms. The Morgan fingerprint density at radius 3 is 2.19 bits per heavy atom. The minimum Gasteiger partial charge on any atom is -0.399 e. The number of nitrogens with zero attached hydrogens (tertiary/aromatic N) is 1. The normalized spacial score (nSPS) is 9.75. The smallest absolute Gasteiger partial charge is 0.0994 e. The van der Waals surface area contributed by atoms with Crippen LogP contribution in [0.1, 0.15) is 11.1 Å². The summed E-state index contributed by atoms with van der Waals surface area (Å²) < 4.78 is 0. The molecule has 2 aromatic rings. The lowest BCUT2D eigenvalue weighted by Gasteiger charge is -2.04. The van der Waals surface area contributed by atoms with Gasteiger partial charge in [-0.1, -0.05) is 24.3 Å². The van der Waals surface area contributed by atoms with Crippen molar-refractivity contribution in [1.29, 1.82) is 5.26 Å². The second-order valence-electron chi connectivity index (χ2n) is 3.76. The molecule has 0 aliphatic rings. The van der Waals surface area contributed by atoms with Crippen molar-refractivity contribution in [3.63, 3.8) is 0 Å². The molecule has 0 atom stereocenters. The molecule has 0 aromatic heterocycles. The highest BCUT2D eigenvalue weighted by Crippen LogP contribution is 2.22. The summed E-state index contributed by atoms with van der Waals surface area (Å²) in [5.41, 5.74) is 10.3. The summed E-state index contributed by atoms with van der Waals surface area (Å²) in [5.74, 6) is 0. The van der Waals surface area contributed by atoms with Gasteiger partial charge in [-0.05, 0) is 41.8 Å². The highest BCUT2D eigenvalue weighted by atomic mass is 14.5. The van der Waals surface area contributed by atoms with Gasteiger partial charge in [-0.2, -0.15) is 5.26 Å². The van der Waals surface area contributed by atoms with Gasteiger partial charge in [0.25, 0.3) is 0 Å². The third kappa shape index (κ3) is 1.89. The molecule has 2 heteroatoms. The number of rotatable bonds is 1. The molecule has 0 aliphatic heterocycles. The first-order valence-electron chi connectivity index (χ1n) is 5.07. The lowest BCUT2D eigenvalue weighted by molar-refractivity contribution is 1.39. The van der Waals surface area contributed by atoms with E-state index < -0.39 is 0 Å². The number of hydrogen-bond donors (Lipinski definition) is 1. The molecule has 2 aromatic carbocycles. The van der Waals surface area contributed by atoms with Gasteiger partial charge in [0, 0.05) is 5.69 Å². The van der Waals surface area contributed by atoms with Gasteiger partial charge < -0.3 is 5.73 Å². The molecule has 0 radical (unpaired) electrons. The Labute approximate surface area is 95.0 Å². The largest absolute Gasteiger partial charge is 0.399 e. The monoisotopic (exact) mass is 208 g/mol. The fourth-order valence-corrected chi connectivity index (χ4v) is 1.64. The van der Waals surface area contributed by atoms with Crippen molar-refractivity contribution >= 4 is 5.69 Å². The lowest BCUT2D eigenvalue weighted by atomic mass is 10.0. The minimum atomic E-state index is 0.721. The molecule has 2 N–H and O–H groups in total. The first kappa shape index (κ1) is 10.3. The average Bonchev–Trinajstić information content (AvgIpc) is 2.30. The van der Waals surface area contributed by atoms with Crippen LogP contribution in [0.15, 0.2) is 42.5 Å². The van der Waals surface area contributed by atoms with Crippen LogP contribution in [0.5, 0.6) is 0 Å². The molecule has 0 saturated carbocycles. The molecule has 16 heavy (non-hydrogen) atoms. The van der Waals surface area contributed by atoms with E-state index in [1.807, 2.05) is 49.4 Å². The van der Waals surface area contributed by atoms with Gasteiger partial charge in [0.1, 0.15) is 0 Å². The summed E-state index contributed by atoms with van der Waals surface area (Å²) in [6, 6.07) is 15.7. The Bertz CT molecular complexity index is 548. The number of hydrogen-bond acceptors (Lipinski definition) is 2. The first-order valence-corrected chi connectivity index (χ1v) is 5.07. The highest BCUT2D eigenvalue weighted by molar-refractivity contribution is 5.67. The molecule has 78 valence electrons. The topological polar surface area (TPSA) is 49.8 Å².